The number of rotatable bonds is 3. The van der Waals surface area contributed by atoms with Crippen LogP contribution in [0.25, 0.3) is 10.2 Å². The first-order valence-electron chi connectivity index (χ1n) is 6.23. The molecule has 4 nitrogen and oxygen atoms in total. The first kappa shape index (κ1) is 12.9. The van der Waals surface area contributed by atoms with Crippen LogP contribution in [-0.4, -0.2) is 15.0 Å². The van der Waals surface area contributed by atoms with Crippen molar-refractivity contribution in [3.05, 3.63) is 47.1 Å². The molecule has 1 N–H and O–H groups in total. The number of thiophene rings is 1. The first-order chi connectivity index (χ1) is 9.63. The minimum absolute atomic E-state index is 0.0620. The predicted molar refractivity (Wildman–Crippen MR) is 78.4 cm³/mol. The zero-order chi connectivity index (χ0) is 14.1. The van der Waals surface area contributed by atoms with Gasteiger partial charge in [-0.3, -0.25) is 4.98 Å². The molecule has 1 atom stereocenters. The highest BCUT2D eigenvalue weighted by molar-refractivity contribution is 7.16. The number of anilines is 1. The SMILES string of the molecule is Cc1nc(N[C@H](C)c2ccc(F)cn2)c2ccsc2n1. The summed E-state index contributed by atoms with van der Waals surface area (Å²) in [5, 5.41) is 6.30. The second kappa shape index (κ2) is 5.13. The third kappa shape index (κ3) is 2.46. The Labute approximate surface area is 119 Å². The number of aromatic nitrogens is 3. The van der Waals surface area contributed by atoms with Crippen LogP contribution in [0.4, 0.5) is 10.2 Å². The minimum Gasteiger partial charge on any atom is -0.361 e. The predicted octanol–water partition coefficient (Wildman–Crippen LogP) is 3.71. The van der Waals surface area contributed by atoms with E-state index in [2.05, 4.69) is 20.3 Å². The van der Waals surface area contributed by atoms with Crippen LogP contribution >= 0.6 is 11.3 Å². The first-order valence-corrected chi connectivity index (χ1v) is 7.11. The number of halogens is 1. The number of hydrogen-bond acceptors (Lipinski definition) is 5. The standard InChI is InChI=1S/C14H13FN4S/c1-8(12-4-3-10(15)7-16-12)17-13-11-5-6-20-14(11)19-9(2)18-13/h3-8H,1-2H3,(H,17,18,19)/t8-/m1/s1. The number of hydrogen-bond donors (Lipinski definition) is 1. The van der Waals surface area contributed by atoms with Gasteiger partial charge in [-0.15, -0.1) is 11.3 Å². The van der Waals surface area contributed by atoms with E-state index in [9.17, 15) is 4.39 Å². The number of nitrogens with zero attached hydrogens (tertiary/aromatic N) is 3. The van der Waals surface area contributed by atoms with E-state index in [-0.39, 0.29) is 11.9 Å². The Hall–Kier alpha value is -2.08. The van der Waals surface area contributed by atoms with Crippen molar-refractivity contribution in [2.75, 3.05) is 5.32 Å². The zero-order valence-electron chi connectivity index (χ0n) is 11.1. The van der Waals surface area contributed by atoms with Gasteiger partial charge in [-0.05, 0) is 37.4 Å². The second-order valence-electron chi connectivity index (χ2n) is 4.53. The fourth-order valence-corrected chi connectivity index (χ4v) is 2.80. The Bertz CT molecular complexity index is 739. The fourth-order valence-electron chi connectivity index (χ4n) is 1.99. The molecule has 3 aromatic heterocycles. The molecule has 3 aromatic rings. The summed E-state index contributed by atoms with van der Waals surface area (Å²) in [6.07, 6.45) is 1.22. The Morgan fingerprint density at radius 3 is 2.85 bits per heavy atom. The van der Waals surface area contributed by atoms with E-state index in [1.54, 1.807) is 17.4 Å². The average Bonchev–Trinajstić information content (AvgIpc) is 2.87. The highest BCUT2D eigenvalue weighted by atomic mass is 32.1. The topological polar surface area (TPSA) is 50.7 Å². The van der Waals surface area contributed by atoms with E-state index in [1.807, 2.05) is 25.3 Å². The van der Waals surface area contributed by atoms with Crippen molar-refractivity contribution < 1.29 is 4.39 Å². The van der Waals surface area contributed by atoms with Crippen LogP contribution in [0.3, 0.4) is 0 Å². The smallest absolute Gasteiger partial charge is 0.141 e. The Morgan fingerprint density at radius 1 is 1.25 bits per heavy atom. The third-order valence-electron chi connectivity index (χ3n) is 2.98. The maximum absolute atomic E-state index is 12.9. The maximum Gasteiger partial charge on any atom is 0.141 e. The van der Waals surface area contributed by atoms with Crippen molar-refractivity contribution in [1.82, 2.24) is 15.0 Å². The molecule has 3 rings (SSSR count). The molecule has 0 aliphatic carbocycles. The van der Waals surface area contributed by atoms with Gasteiger partial charge in [0.2, 0.25) is 0 Å². The van der Waals surface area contributed by atoms with Crippen molar-refractivity contribution in [2.24, 2.45) is 0 Å². The molecule has 0 fully saturated rings. The molecule has 0 spiro atoms. The number of fused-ring (bicyclic) bond motifs is 1. The lowest BCUT2D eigenvalue weighted by atomic mass is 10.2. The normalized spacial score (nSPS) is 12.6. The van der Waals surface area contributed by atoms with E-state index in [1.165, 1.54) is 12.3 Å². The van der Waals surface area contributed by atoms with E-state index in [0.29, 0.717) is 0 Å². The van der Waals surface area contributed by atoms with Crippen LogP contribution in [0.15, 0.2) is 29.8 Å². The van der Waals surface area contributed by atoms with Gasteiger partial charge in [0.1, 0.15) is 22.3 Å². The summed E-state index contributed by atoms with van der Waals surface area (Å²) < 4.78 is 12.9. The van der Waals surface area contributed by atoms with E-state index >= 15 is 0 Å². The summed E-state index contributed by atoms with van der Waals surface area (Å²) in [4.78, 5) is 13.9. The van der Waals surface area contributed by atoms with Gasteiger partial charge in [-0.2, -0.15) is 0 Å². The molecule has 0 saturated heterocycles. The minimum atomic E-state index is -0.334. The number of aryl methyl sites for hydroxylation is 1. The van der Waals surface area contributed by atoms with Gasteiger partial charge in [-0.25, -0.2) is 14.4 Å². The van der Waals surface area contributed by atoms with Gasteiger partial charge in [0.05, 0.1) is 23.3 Å². The lowest BCUT2D eigenvalue weighted by Crippen LogP contribution is -2.10. The molecular weight excluding hydrogens is 275 g/mol. The van der Waals surface area contributed by atoms with Gasteiger partial charge in [0.25, 0.3) is 0 Å². The molecule has 102 valence electrons. The molecule has 0 bridgehead atoms. The van der Waals surface area contributed by atoms with Crippen LogP contribution in [0.5, 0.6) is 0 Å². The van der Waals surface area contributed by atoms with Crippen LogP contribution < -0.4 is 5.32 Å². The van der Waals surface area contributed by atoms with Crippen LogP contribution in [0.1, 0.15) is 24.5 Å². The van der Waals surface area contributed by atoms with Gasteiger partial charge in [0, 0.05) is 0 Å². The van der Waals surface area contributed by atoms with Gasteiger partial charge >= 0.3 is 0 Å². The van der Waals surface area contributed by atoms with Crippen molar-refractivity contribution in [1.29, 1.82) is 0 Å². The van der Waals surface area contributed by atoms with Gasteiger partial charge < -0.3 is 5.32 Å². The molecule has 0 aromatic carbocycles. The molecular formula is C14H13FN4S. The number of nitrogens with one attached hydrogen (secondary N) is 1. The highest BCUT2D eigenvalue weighted by Gasteiger charge is 2.12. The summed E-state index contributed by atoms with van der Waals surface area (Å²) in [6, 6.07) is 5.01. The summed E-state index contributed by atoms with van der Waals surface area (Å²) >= 11 is 1.58. The highest BCUT2D eigenvalue weighted by Crippen LogP contribution is 2.27. The van der Waals surface area contributed by atoms with Crippen LogP contribution in [0.2, 0.25) is 0 Å². The van der Waals surface area contributed by atoms with Crippen molar-refractivity contribution in [3.63, 3.8) is 0 Å². The van der Waals surface area contributed by atoms with Crippen molar-refractivity contribution in [2.45, 2.75) is 19.9 Å². The van der Waals surface area contributed by atoms with Gasteiger partial charge in [-0.1, -0.05) is 0 Å². The van der Waals surface area contributed by atoms with Gasteiger partial charge in [0.15, 0.2) is 0 Å². The summed E-state index contributed by atoms with van der Waals surface area (Å²) in [7, 11) is 0. The van der Waals surface area contributed by atoms with Crippen molar-refractivity contribution >= 4 is 27.4 Å². The summed E-state index contributed by atoms with van der Waals surface area (Å²) in [5.41, 5.74) is 0.769. The average molecular weight is 288 g/mol. The second-order valence-corrected chi connectivity index (χ2v) is 5.42. The molecule has 3 heterocycles. The van der Waals surface area contributed by atoms with Crippen LogP contribution in [0, 0.1) is 12.7 Å². The molecule has 0 saturated carbocycles. The molecule has 0 unspecified atom stereocenters. The van der Waals surface area contributed by atoms with Crippen LogP contribution in [-0.2, 0) is 0 Å². The quantitative estimate of drug-likeness (QED) is 0.798. The third-order valence-corrected chi connectivity index (χ3v) is 3.79. The summed E-state index contributed by atoms with van der Waals surface area (Å²) in [5.74, 6) is 1.17. The molecule has 6 heteroatoms. The zero-order valence-corrected chi connectivity index (χ0v) is 11.9. The molecule has 0 radical (unpaired) electrons. The Kier molecular flexibility index (Phi) is 3.31. The molecule has 0 aliphatic heterocycles. The molecule has 20 heavy (non-hydrogen) atoms. The van der Waals surface area contributed by atoms with Crippen molar-refractivity contribution in [3.8, 4) is 0 Å². The fraction of sp³-hybridized carbons (Fsp3) is 0.214. The van der Waals surface area contributed by atoms with E-state index in [0.717, 1.165) is 27.6 Å². The lowest BCUT2D eigenvalue weighted by molar-refractivity contribution is 0.617. The lowest BCUT2D eigenvalue weighted by Gasteiger charge is -2.15. The maximum atomic E-state index is 12.9. The van der Waals surface area contributed by atoms with E-state index < -0.39 is 0 Å². The monoisotopic (exact) mass is 288 g/mol. The Balaban J connectivity index is 1.92. The summed E-state index contributed by atoms with van der Waals surface area (Å²) in [6.45, 7) is 3.83. The molecule has 0 aliphatic rings. The largest absolute Gasteiger partial charge is 0.361 e. The van der Waals surface area contributed by atoms with E-state index in [4.69, 9.17) is 0 Å². The number of pyridine rings is 1. The Morgan fingerprint density at radius 2 is 2.10 bits per heavy atom. The molecule has 0 amide bonds.